The minimum Gasteiger partial charge on any atom is -0.378 e. The lowest BCUT2D eigenvalue weighted by Gasteiger charge is -2.37. The molecule has 0 amide bonds. The average Bonchev–Trinajstić information content (AvgIpc) is 3.23. The summed E-state index contributed by atoms with van der Waals surface area (Å²) in [5, 5.41) is 0.805. The van der Waals surface area contributed by atoms with Crippen molar-refractivity contribution in [2.75, 3.05) is 57.3 Å². The van der Waals surface area contributed by atoms with E-state index in [1.54, 1.807) is 18.2 Å². The lowest BCUT2D eigenvalue weighted by Crippen LogP contribution is -2.52. The van der Waals surface area contributed by atoms with Crippen LogP contribution in [0.4, 0.5) is 15.2 Å². The number of fused-ring (bicyclic) bond motifs is 1. The van der Waals surface area contributed by atoms with Crippen molar-refractivity contribution >= 4 is 42.4 Å². The van der Waals surface area contributed by atoms with Crippen LogP contribution in [0.1, 0.15) is 18.1 Å². The first-order valence-corrected chi connectivity index (χ1v) is 14.1. The van der Waals surface area contributed by atoms with Crippen LogP contribution in [0.5, 0.6) is 0 Å². The van der Waals surface area contributed by atoms with E-state index in [-0.39, 0.29) is 17.0 Å². The molecule has 7 nitrogen and oxygen atoms in total. The summed E-state index contributed by atoms with van der Waals surface area (Å²) in [4.78, 5) is 11.1. The van der Waals surface area contributed by atoms with Crippen LogP contribution in [0.25, 0.3) is 10.2 Å². The second-order valence-electron chi connectivity index (χ2n) is 9.59. The number of aryl methyl sites for hydroxylation is 1. The predicted octanol–water partition coefficient (Wildman–Crippen LogP) is 3.67. The van der Waals surface area contributed by atoms with Crippen molar-refractivity contribution in [3.05, 3.63) is 47.5 Å². The molecule has 35 heavy (non-hydrogen) atoms. The molecule has 4 rings (SSSR count). The highest BCUT2D eigenvalue weighted by Crippen LogP contribution is 2.32. The molecule has 1 aliphatic rings. The number of benzene rings is 2. The van der Waals surface area contributed by atoms with Gasteiger partial charge in [-0.2, -0.15) is 0 Å². The Bertz CT molecular complexity index is 1290. The second-order valence-corrected chi connectivity index (χ2v) is 12.3. The van der Waals surface area contributed by atoms with Crippen molar-refractivity contribution in [1.82, 2.24) is 14.6 Å². The summed E-state index contributed by atoms with van der Waals surface area (Å²) in [5.41, 5.74) is 4.13. The molecule has 1 saturated heterocycles. The molecule has 2 atom stereocenters. The first-order valence-electron chi connectivity index (χ1n) is 11.8. The Labute approximate surface area is 211 Å². The third-order valence-electron chi connectivity index (χ3n) is 6.61. The van der Waals surface area contributed by atoms with Crippen molar-refractivity contribution in [2.24, 2.45) is 0 Å². The molecule has 1 fully saturated rings. The van der Waals surface area contributed by atoms with Crippen molar-refractivity contribution < 1.29 is 12.8 Å². The van der Waals surface area contributed by atoms with Crippen molar-refractivity contribution in [3.8, 4) is 0 Å². The Hall–Kier alpha value is -2.27. The van der Waals surface area contributed by atoms with Crippen LogP contribution in [0, 0.1) is 6.92 Å². The number of piperazine rings is 1. The summed E-state index contributed by atoms with van der Waals surface area (Å²) in [5.74, 6) is 0. The number of sulfonamides is 1. The molecular formula is C25H34FN5O2S2. The van der Waals surface area contributed by atoms with E-state index in [1.807, 2.05) is 37.9 Å². The summed E-state index contributed by atoms with van der Waals surface area (Å²) in [6.45, 7) is 5.65. The first kappa shape index (κ1) is 25.8. The van der Waals surface area contributed by atoms with Gasteiger partial charge in [0.05, 0.1) is 21.2 Å². The van der Waals surface area contributed by atoms with Crippen LogP contribution < -0.4 is 14.5 Å². The summed E-state index contributed by atoms with van der Waals surface area (Å²) >= 11 is 1.45. The summed E-state index contributed by atoms with van der Waals surface area (Å²) in [6, 6.07) is 10.8. The Morgan fingerprint density at radius 3 is 2.69 bits per heavy atom. The monoisotopic (exact) mass is 519 g/mol. The van der Waals surface area contributed by atoms with Gasteiger partial charge in [-0.05, 0) is 68.8 Å². The van der Waals surface area contributed by atoms with Gasteiger partial charge in [0.1, 0.15) is 6.67 Å². The van der Waals surface area contributed by atoms with Crippen LogP contribution in [-0.4, -0.2) is 77.8 Å². The zero-order chi connectivity index (χ0) is 25.3. The maximum atomic E-state index is 13.4. The van der Waals surface area contributed by atoms with Crippen molar-refractivity contribution in [2.45, 2.75) is 37.2 Å². The van der Waals surface area contributed by atoms with E-state index in [0.29, 0.717) is 13.0 Å². The highest BCUT2D eigenvalue weighted by molar-refractivity contribution is 7.89. The quantitative estimate of drug-likeness (QED) is 0.490. The number of hydrogen-bond acceptors (Lipinski definition) is 7. The molecule has 1 N–H and O–H groups in total. The molecular weight excluding hydrogens is 485 g/mol. The van der Waals surface area contributed by atoms with Gasteiger partial charge < -0.3 is 9.80 Å². The molecule has 0 saturated carbocycles. The molecule has 0 spiro atoms. The Kier molecular flexibility index (Phi) is 7.65. The Balaban J connectivity index is 1.48. The van der Waals surface area contributed by atoms with Gasteiger partial charge in [0, 0.05) is 45.5 Å². The normalized spacial score (nSPS) is 18.2. The fourth-order valence-corrected chi connectivity index (χ4v) is 6.76. The first-order chi connectivity index (χ1) is 16.6. The molecule has 1 aliphatic heterocycles. The summed E-state index contributed by atoms with van der Waals surface area (Å²) < 4.78 is 43.3. The van der Waals surface area contributed by atoms with Crippen molar-refractivity contribution in [1.29, 1.82) is 0 Å². The zero-order valence-electron chi connectivity index (χ0n) is 21.0. The number of likely N-dealkylation sites (N-methyl/N-ethyl adjacent to an activating group) is 1. The van der Waals surface area contributed by atoms with Crippen LogP contribution in [-0.2, 0) is 16.4 Å². The maximum Gasteiger partial charge on any atom is 0.240 e. The van der Waals surface area contributed by atoms with Gasteiger partial charge in [-0.15, -0.1) is 0 Å². The second kappa shape index (κ2) is 10.4. The zero-order valence-corrected chi connectivity index (χ0v) is 22.6. The van der Waals surface area contributed by atoms with Crippen LogP contribution in [0.2, 0.25) is 0 Å². The molecule has 0 radical (unpaired) electrons. The topological polar surface area (TPSA) is 68.8 Å². The highest BCUT2D eigenvalue weighted by atomic mass is 32.2. The van der Waals surface area contributed by atoms with E-state index < -0.39 is 16.7 Å². The fraction of sp³-hybridized carbons (Fsp3) is 0.480. The number of hydrogen-bond donors (Lipinski definition) is 1. The molecule has 0 aliphatic carbocycles. The number of anilines is 2. The molecule has 2 aromatic carbocycles. The van der Waals surface area contributed by atoms with Gasteiger partial charge in [0.25, 0.3) is 0 Å². The number of rotatable bonds is 8. The highest BCUT2D eigenvalue weighted by Gasteiger charge is 2.26. The van der Waals surface area contributed by atoms with Crippen LogP contribution >= 0.6 is 11.3 Å². The maximum absolute atomic E-state index is 13.4. The molecule has 190 valence electrons. The largest absolute Gasteiger partial charge is 0.378 e. The van der Waals surface area contributed by atoms with E-state index in [9.17, 15) is 12.8 Å². The average molecular weight is 520 g/mol. The lowest BCUT2D eigenvalue weighted by molar-refractivity contribution is 0.183. The number of nitrogens with zero attached hydrogens (tertiary/aromatic N) is 4. The van der Waals surface area contributed by atoms with Gasteiger partial charge in [-0.25, -0.2) is 22.5 Å². The van der Waals surface area contributed by atoms with E-state index in [2.05, 4.69) is 39.7 Å². The molecule has 0 bridgehead atoms. The predicted molar refractivity (Wildman–Crippen MR) is 143 cm³/mol. The summed E-state index contributed by atoms with van der Waals surface area (Å²) in [6.07, 6.45) is 0.602. The molecule has 10 heteroatoms. The Morgan fingerprint density at radius 1 is 1.23 bits per heavy atom. The van der Waals surface area contributed by atoms with Gasteiger partial charge in [0.2, 0.25) is 10.0 Å². The number of nitrogens with one attached hydrogen (secondary N) is 1. The minimum absolute atomic E-state index is 0.153. The molecule has 3 aromatic rings. The number of alkyl halides is 1. The number of thiazole rings is 1. The van der Waals surface area contributed by atoms with Gasteiger partial charge >= 0.3 is 0 Å². The van der Waals surface area contributed by atoms with Crippen LogP contribution in [0.3, 0.4) is 0 Å². The van der Waals surface area contributed by atoms with E-state index in [0.717, 1.165) is 45.3 Å². The Morgan fingerprint density at radius 2 is 2.00 bits per heavy atom. The van der Waals surface area contributed by atoms with E-state index in [4.69, 9.17) is 0 Å². The van der Waals surface area contributed by atoms with Gasteiger partial charge in [0.15, 0.2) is 5.13 Å². The van der Waals surface area contributed by atoms with E-state index in [1.165, 1.54) is 11.3 Å². The fourth-order valence-electron chi connectivity index (χ4n) is 4.37. The third-order valence-corrected chi connectivity index (χ3v) is 9.28. The molecule has 1 aromatic heterocycles. The minimum atomic E-state index is -3.69. The molecule has 2 heterocycles. The lowest BCUT2D eigenvalue weighted by atomic mass is 10.0. The summed E-state index contributed by atoms with van der Waals surface area (Å²) in [7, 11) is 2.25. The SMILES string of the molecule is Cc1cc(N(C)C)ccc1CC(C)NS(=O)(=O)c1ccc2nc(N3CCN(C)C(CF)C3)sc2c1. The standard InChI is InChI=1S/C25H34FN5O2S2/c1-17-12-20(29(3)4)7-6-19(17)13-18(2)28-35(32,33)22-8-9-23-24(14-22)34-25(27-23)31-11-10-30(5)21(15-26)16-31/h6-9,12,14,18,21,28H,10-11,13,15-16H2,1-5H3. The van der Waals surface area contributed by atoms with E-state index >= 15 is 0 Å². The van der Waals surface area contributed by atoms with Gasteiger partial charge in [-0.3, -0.25) is 4.90 Å². The smallest absolute Gasteiger partial charge is 0.240 e. The van der Waals surface area contributed by atoms with Crippen LogP contribution in [0.15, 0.2) is 41.3 Å². The number of aromatic nitrogens is 1. The molecule has 2 unspecified atom stereocenters. The number of halogens is 1. The van der Waals surface area contributed by atoms with Crippen molar-refractivity contribution in [3.63, 3.8) is 0 Å². The third kappa shape index (κ3) is 5.77. The van der Waals surface area contributed by atoms with Gasteiger partial charge in [-0.1, -0.05) is 17.4 Å².